The number of allylic oxidation sites excluding steroid dienone is 2. The summed E-state index contributed by atoms with van der Waals surface area (Å²) in [5.74, 6) is 3.57. The molecule has 0 amide bonds. The van der Waals surface area contributed by atoms with Gasteiger partial charge in [0.25, 0.3) is 0 Å². The summed E-state index contributed by atoms with van der Waals surface area (Å²) in [5.41, 5.74) is 3.12. The van der Waals surface area contributed by atoms with Crippen LogP contribution in [0.15, 0.2) is 49.6 Å². The normalized spacial score (nSPS) is 29.2. The predicted octanol–water partition coefficient (Wildman–Crippen LogP) is 7.85. The summed E-state index contributed by atoms with van der Waals surface area (Å²) >= 11 is 0. The summed E-state index contributed by atoms with van der Waals surface area (Å²) in [6, 6.07) is 9.67. The van der Waals surface area contributed by atoms with Crippen LogP contribution in [0.5, 0.6) is 0 Å². The lowest BCUT2D eigenvalue weighted by atomic mass is 9.77. The molecule has 0 bridgehead atoms. The average molecular weight is 351 g/mol. The smallest absolute Gasteiger partial charge is 0.0162 e. The molecule has 0 N–H and O–H groups in total. The van der Waals surface area contributed by atoms with Crippen molar-refractivity contribution in [2.45, 2.75) is 83.0 Å². The Kier molecular flexibility index (Phi) is 7.59. The number of aryl methyl sites for hydroxylation is 1. The third-order valence-electron chi connectivity index (χ3n) is 7.11. The van der Waals surface area contributed by atoms with Crippen molar-refractivity contribution in [1.82, 2.24) is 0 Å². The van der Waals surface area contributed by atoms with E-state index in [1.54, 1.807) is 11.1 Å². The first-order valence-electron chi connectivity index (χ1n) is 11.1. The fourth-order valence-corrected chi connectivity index (χ4v) is 5.29. The van der Waals surface area contributed by atoms with Crippen LogP contribution in [0, 0.1) is 17.8 Å². The number of benzene rings is 1. The van der Waals surface area contributed by atoms with Gasteiger partial charge in [-0.05, 0) is 99.0 Å². The van der Waals surface area contributed by atoms with E-state index in [1.165, 1.54) is 77.0 Å². The van der Waals surface area contributed by atoms with Gasteiger partial charge in [0.15, 0.2) is 0 Å². The van der Waals surface area contributed by atoms with Crippen molar-refractivity contribution >= 4 is 0 Å². The molecule has 2 aliphatic rings. The van der Waals surface area contributed by atoms with E-state index in [0.717, 1.165) is 23.7 Å². The highest BCUT2D eigenvalue weighted by Gasteiger charge is 2.22. The van der Waals surface area contributed by atoms with E-state index in [4.69, 9.17) is 0 Å². The molecule has 2 fully saturated rings. The van der Waals surface area contributed by atoms with E-state index in [-0.39, 0.29) is 0 Å². The molecule has 3 rings (SSSR count). The number of hydrogen-bond acceptors (Lipinski definition) is 0. The molecule has 1 aromatic rings. The van der Waals surface area contributed by atoms with Crippen molar-refractivity contribution in [3.05, 3.63) is 60.7 Å². The average Bonchev–Trinajstić information content (AvgIpc) is 2.69. The van der Waals surface area contributed by atoms with Crippen LogP contribution in [-0.4, -0.2) is 0 Å². The summed E-state index contributed by atoms with van der Waals surface area (Å²) in [4.78, 5) is 0. The second kappa shape index (κ2) is 10.1. The lowest BCUT2D eigenvalue weighted by Gasteiger charge is -2.28. The van der Waals surface area contributed by atoms with Crippen LogP contribution in [-0.2, 0) is 6.42 Å². The van der Waals surface area contributed by atoms with Gasteiger partial charge in [0, 0.05) is 0 Å². The summed E-state index contributed by atoms with van der Waals surface area (Å²) in [6.07, 6.45) is 20.5. The zero-order valence-corrected chi connectivity index (χ0v) is 16.7. The van der Waals surface area contributed by atoms with Crippen LogP contribution in [0.2, 0.25) is 0 Å². The van der Waals surface area contributed by atoms with Gasteiger partial charge in [-0.25, -0.2) is 0 Å². The Bertz CT molecular complexity index is 536. The van der Waals surface area contributed by atoms with Crippen molar-refractivity contribution in [2.24, 2.45) is 17.8 Å². The van der Waals surface area contributed by atoms with E-state index in [1.807, 2.05) is 0 Å². The fraction of sp³-hybridized carbons (Fsp3) is 0.615. The van der Waals surface area contributed by atoms with Crippen LogP contribution in [0.4, 0.5) is 0 Å². The Morgan fingerprint density at radius 3 is 1.73 bits per heavy atom. The standard InChI is InChI=1S/C26H38/c1-3-5-21-7-9-23(10-8-21)11-12-24-15-19-26(20-16-24)25-17-13-22(6-4-2)14-18-25/h3-4,15-16,19-23,25H,1-2,5-14,17-18H2. The maximum atomic E-state index is 3.90. The molecule has 0 nitrogen and oxygen atoms in total. The molecule has 0 spiro atoms. The van der Waals surface area contributed by atoms with Gasteiger partial charge in [0.05, 0.1) is 0 Å². The number of rotatable bonds is 8. The van der Waals surface area contributed by atoms with Gasteiger partial charge in [-0.2, -0.15) is 0 Å². The highest BCUT2D eigenvalue weighted by molar-refractivity contribution is 5.26. The third kappa shape index (κ3) is 5.60. The molecule has 0 heteroatoms. The molecule has 26 heavy (non-hydrogen) atoms. The van der Waals surface area contributed by atoms with E-state index < -0.39 is 0 Å². The van der Waals surface area contributed by atoms with Gasteiger partial charge in [0.1, 0.15) is 0 Å². The molecule has 1 aromatic carbocycles. The van der Waals surface area contributed by atoms with E-state index >= 15 is 0 Å². The van der Waals surface area contributed by atoms with Gasteiger partial charge in [-0.3, -0.25) is 0 Å². The first-order valence-corrected chi connectivity index (χ1v) is 11.1. The first kappa shape index (κ1) is 19.5. The van der Waals surface area contributed by atoms with Crippen LogP contribution in [0.1, 0.15) is 87.7 Å². The highest BCUT2D eigenvalue weighted by Crippen LogP contribution is 2.37. The van der Waals surface area contributed by atoms with Crippen molar-refractivity contribution in [3.63, 3.8) is 0 Å². The van der Waals surface area contributed by atoms with Gasteiger partial charge < -0.3 is 0 Å². The molecular formula is C26H38. The van der Waals surface area contributed by atoms with Gasteiger partial charge in [0.2, 0.25) is 0 Å². The molecule has 0 radical (unpaired) electrons. The Labute approximate surface area is 161 Å². The van der Waals surface area contributed by atoms with Crippen molar-refractivity contribution in [1.29, 1.82) is 0 Å². The van der Waals surface area contributed by atoms with Gasteiger partial charge in [-0.15, -0.1) is 13.2 Å². The minimum absolute atomic E-state index is 0.797. The maximum absolute atomic E-state index is 3.90. The Hall–Kier alpha value is -1.30. The van der Waals surface area contributed by atoms with Crippen LogP contribution in [0.25, 0.3) is 0 Å². The van der Waals surface area contributed by atoms with E-state index in [0.29, 0.717) is 0 Å². The topological polar surface area (TPSA) is 0 Å². The van der Waals surface area contributed by atoms with Crippen molar-refractivity contribution < 1.29 is 0 Å². The van der Waals surface area contributed by atoms with Gasteiger partial charge >= 0.3 is 0 Å². The monoisotopic (exact) mass is 350 g/mol. The minimum atomic E-state index is 0.797. The summed E-state index contributed by atoms with van der Waals surface area (Å²) < 4.78 is 0. The number of hydrogen-bond donors (Lipinski definition) is 0. The Morgan fingerprint density at radius 2 is 1.19 bits per heavy atom. The molecular weight excluding hydrogens is 312 g/mol. The molecule has 2 saturated carbocycles. The summed E-state index contributed by atoms with van der Waals surface area (Å²) in [6.45, 7) is 7.80. The SMILES string of the molecule is C=CCC1CCC(CCc2ccc(C3CCC(CC=C)CC3)cc2)CC1. The van der Waals surface area contributed by atoms with Crippen molar-refractivity contribution in [3.8, 4) is 0 Å². The quantitative estimate of drug-likeness (QED) is 0.419. The lowest BCUT2D eigenvalue weighted by Crippen LogP contribution is -2.14. The maximum Gasteiger partial charge on any atom is -0.0162 e. The van der Waals surface area contributed by atoms with Crippen LogP contribution in [0.3, 0.4) is 0 Å². The van der Waals surface area contributed by atoms with E-state index in [2.05, 4.69) is 49.6 Å². The first-order chi connectivity index (χ1) is 12.8. The zero-order valence-electron chi connectivity index (χ0n) is 16.7. The van der Waals surface area contributed by atoms with E-state index in [9.17, 15) is 0 Å². The summed E-state index contributed by atoms with van der Waals surface area (Å²) in [5, 5.41) is 0. The molecule has 0 atom stereocenters. The largest absolute Gasteiger partial charge is 0.103 e. The lowest BCUT2D eigenvalue weighted by molar-refractivity contribution is 0.265. The minimum Gasteiger partial charge on any atom is -0.103 e. The molecule has 2 aliphatic carbocycles. The molecule has 0 unspecified atom stereocenters. The molecule has 142 valence electrons. The predicted molar refractivity (Wildman–Crippen MR) is 115 cm³/mol. The Balaban J connectivity index is 1.41. The molecule has 0 heterocycles. The Morgan fingerprint density at radius 1 is 0.692 bits per heavy atom. The molecule has 0 saturated heterocycles. The summed E-state index contributed by atoms with van der Waals surface area (Å²) in [7, 11) is 0. The molecule has 0 aliphatic heterocycles. The zero-order chi connectivity index (χ0) is 18.2. The van der Waals surface area contributed by atoms with Crippen LogP contribution < -0.4 is 0 Å². The highest BCUT2D eigenvalue weighted by atomic mass is 14.3. The second-order valence-corrected chi connectivity index (χ2v) is 8.93. The molecule has 0 aromatic heterocycles. The fourth-order valence-electron chi connectivity index (χ4n) is 5.29. The van der Waals surface area contributed by atoms with Crippen molar-refractivity contribution in [2.75, 3.05) is 0 Å². The second-order valence-electron chi connectivity index (χ2n) is 8.93. The van der Waals surface area contributed by atoms with Gasteiger partial charge in [-0.1, -0.05) is 49.3 Å². The third-order valence-corrected chi connectivity index (χ3v) is 7.11. The van der Waals surface area contributed by atoms with Crippen LogP contribution >= 0.6 is 0 Å².